The lowest BCUT2D eigenvalue weighted by Crippen LogP contribution is -2.23. The van der Waals surface area contributed by atoms with Crippen LogP contribution in [-0.2, 0) is 9.53 Å². The number of fused-ring (bicyclic) bond motifs is 2. The average Bonchev–Trinajstić information content (AvgIpc) is 2.91. The number of unbranched alkanes of at least 4 members (excludes halogenated alkanes) is 1. The Labute approximate surface area is 117 Å². The summed E-state index contributed by atoms with van der Waals surface area (Å²) in [5, 5.41) is 0. The Hall–Kier alpha value is -0.790. The minimum absolute atomic E-state index is 0.195. The largest absolute Gasteiger partial charge is 0.459 e. The predicted molar refractivity (Wildman–Crippen MR) is 77.7 cm³/mol. The Kier molecular flexibility index (Phi) is 5.06. The number of rotatable bonds is 7. The molecule has 0 aromatic heterocycles. The third-order valence-corrected chi connectivity index (χ3v) is 4.99. The Morgan fingerprint density at radius 2 is 2.16 bits per heavy atom. The second-order valence-electron chi connectivity index (χ2n) is 6.78. The molecule has 2 nitrogen and oxygen atoms in total. The maximum Gasteiger partial charge on any atom is 0.330 e. The normalized spacial score (nSPS) is 32.8. The van der Waals surface area contributed by atoms with Crippen molar-refractivity contribution in [3.63, 3.8) is 0 Å². The molecule has 0 saturated heterocycles. The number of carbonyl (C=O) groups is 1. The van der Waals surface area contributed by atoms with E-state index in [9.17, 15) is 4.79 Å². The fourth-order valence-corrected chi connectivity index (χ4v) is 4.06. The van der Waals surface area contributed by atoms with E-state index in [1.54, 1.807) is 0 Å². The highest BCUT2D eigenvalue weighted by Crippen LogP contribution is 2.51. The minimum atomic E-state index is -0.234. The summed E-state index contributed by atoms with van der Waals surface area (Å²) in [7, 11) is 0. The minimum Gasteiger partial charge on any atom is -0.459 e. The highest BCUT2D eigenvalue weighted by Gasteiger charge is 2.49. The van der Waals surface area contributed by atoms with E-state index >= 15 is 0 Å². The maximum atomic E-state index is 11.4. The summed E-state index contributed by atoms with van der Waals surface area (Å²) in [5.74, 6) is 2.65. The standard InChI is InChI=1S/C17H28O2/c1-4-16(18)19-17-14-9-10-15(17)13(11-14)8-6-5-7-12(2)3/h4,12-15,17H,1,5-11H2,2-3H3. The summed E-state index contributed by atoms with van der Waals surface area (Å²) in [6, 6.07) is 0. The quantitative estimate of drug-likeness (QED) is 0.388. The molecule has 2 fully saturated rings. The van der Waals surface area contributed by atoms with E-state index < -0.39 is 0 Å². The van der Waals surface area contributed by atoms with Crippen molar-refractivity contribution in [2.75, 3.05) is 0 Å². The van der Waals surface area contributed by atoms with E-state index in [2.05, 4.69) is 20.4 Å². The SMILES string of the molecule is C=CC(=O)OC1C2CCC1C(CCCCC(C)C)C2. The number of carbonyl (C=O) groups excluding carboxylic acids is 1. The molecular formula is C17H28O2. The first-order valence-electron chi connectivity index (χ1n) is 7.95. The van der Waals surface area contributed by atoms with Crippen LogP contribution in [0.1, 0.15) is 58.8 Å². The Morgan fingerprint density at radius 3 is 2.84 bits per heavy atom. The van der Waals surface area contributed by atoms with Gasteiger partial charge in [0, 0.05) is 6.08 Å². The van der Waals surface area contributed by atoms with Crippen LogP contribution in [0, 0.1) is 23.7 Å². The van der Waals surface area contributed by atoms with Gasteiger partial charge < -0.3 is 4.74 Å². The zero-order chi connectivity index (χ0) is 13.8. The second-order valence-corrected chi connectivity index (χ2v) is 6.78. The molecular weight excluding hydrogens is 236 g/mol. The molecule has 0 heterocycles. The van der Waals surface area contributed by atoms with Crippen LogP contribution in [0.25, 0.3) is 0 Å². The summed E-state index contributed by atoms with van der Waals surface area (Å²) < 4.78 is 5.57. The molecule has 0 amide bonds. The van der Waals surface area contributed by atoms with E-state index in [4.69, 9.17) is 4.74 Å². The first-order chi connectivity index (χ1) is 9.11. The summed E-state index contributed by atoms with van der Waals surface area (Å²) in [6.07, 6.45) is 10.6. The van der Waals surface area contributed by atoms with Gasteiger partial charge in [-0.05, 0) is 42.9 Å². The third-order valence-electron chi connectivity index (χ3n) is 4.99. The lowest BCUT2D eigenvalue weighted by Gasteiger charge is -2.22. The fraction of sp³-hybridized carbons (Fsp3) is 0.824. The molecule has 0 spiro atoms. The molecule has 2 aliphatic carbocycles. The van der Waals surface area contributed by atoms with Gasteiger partial charge in [-0.25, -0.2) is 4.79 Å². The fourth-order valence-electron chi connectivity index (χ4n) is 4.06. The molecule has 0 aliphatic heterocycles. The molecule has 0 N–H and O–H groups in total. The van der Waals surface area contributed by atoms with E-state index in [1.165, 1.54) is 51.0 Å². The van der Waals surface area contributed by atoms with Crippen molar-refractivity contribution in [2.45, 2.75) is 64.9 Å². The van der Waals surface area contributed by atoms with Gasteiger partial charge in [-0.15, -0.1) is 0 Å². The molecule has 2 aliphatic rings. The highest BCUT2D eigenvalue weighted by atomic mass is 16.5. The van der Waals surface area contributed by atoms with Crippen molar-refractivity contribution < 1.29 is 9.53 Å². The molecule has 2 saturated carbocycles. The molecule has 2 heteroatoms. The van der Waals surface area contributed by atoms with Crippen LogP contribution in [-0.4, -0.2) is 12.1 Å². The zero-order valence-electron chi connectivity index (χ0n) is 12.4. The van der Waals surface area contributed by atoms with Crippen molar-refractivity contribution in [1.29, 1.82) is 0 Å². The topological polar surface area (TPSA) is 26.3 Å². The molecule has 19 heavy (non-hydrogen) atoms. The zero-order valence-corrected chi connectivity index (χ0v) is 12.4. The van der Waals surface area contributed by atoms with Crippen molar-refractivity contribution in [3.05, 3.63) is 12.7 Å². The van der Waals surface area contributed by atoms with E-state index in [0.29, 0.717) is 11.8 Å². The van der Waals surface area contributed by atoms with Gasteiger partial charge in [0.25, 0.3) is 0 Å². The number of hydrogen-bond donors (Lipinski definition) is 0. The molecule has 0 aromatic carbocycles. The van der Waals surface area contributed by atoms with Crippen molar-refractivity contribution in [3.8, 4) is 0 Å². The van der Waals surface area contributed by atoms with Crippen LogP contribution in [0.15, 0.2) is 12.7 Å². The maximum absolute atomic E-state index is 11.4. The predicted octanol–water partition coefficient (Wildman–Crippen LogP) is 4.35. The van der Waals surface area contributed by atoms with Gasteiger partial charge in [0.05, 0.1) is 0 Å². The second kappa shape index (κ2) is 6.58. The van der Waals surface area contributed by atoms with Crippen LogP contribution >= 0.6 is 0 Å². The van der Waals surface area contributed by atoms with Crippen LogP contribution in [0.5, 0.6) is 0 Å². The van der Waals surface area contributed by atoms with Gasteiger partial charge >= 0.3 is 5.97 Å². The van der Waals surface area contributed by atoms with Crippen molar-refractivity contribution >= 4 is 5.97 Å². The van der Waals surface area contributed by atoms with Gasteiger partial charge in [0.15, 0.2) is 0 Å². The van der Waals surface area contributed by atoms with Gasteiger partial charge in [-0.1, -0.05) is 46.1 Å². The molecule has 2 bridgehead atoms. The van der Waals surface area contributed by atoms with Crippen molar-refractivity contribution in [2.24, 2.45) is 23.7 Å². The molecule has 2 rings (SSSR count). The Balaban J connectivity index is 1.76. The molecule has 0 radical (unpaired) electrons. The van der Waals surface area contributed by atoms with Crippen molar-refractivity contribution in [1.82, 2.24) is 0 Å². The first kappa shape index (κ1) is 14.6. The third kappa shape index (κ3) is 3.61. The number of ether oxygens (including phenoxy) is 1. The van der Waals surface area contributed by atoms with Gasteiger partial charge in [0.1, 0.15) is 6.10 Å². The lowest BCUT2D eigenvalue weighted by atomic mass is 9.84. The van der Waals surface area contributed by atoms with Crippen LogP contribution < -0.4 is 0 Å². The summed E-state index contributed by atoms with van der Waals surface area (Å²) >= 11 is 0. The summed E-state index contributed by atoms with van der Waals surface area (Å²) in [6.45, 7) is 8.08. The lowest BCUT2D eigenvalue weighted by molar-refractivity contribution is -0.145. The van der Waals surface area contributed by atoms with Crippen LogP contribution in [0.4, 0.5) is 0 Å². The Bertz CT molecular complexity index is 321. The average molecular weight is 264 g/mol. The van der Waals surface area contributed by atoms with Crippen LogP contribution in [0.3, 0.4) is 0 Å². The molecule has 4 unspecified atom stereocenters. The Morgan fingerprint density at radius 1 is 1.37 bits per heavy atom. The van der Waals surface area contributed by atoms with Gasteiger partial charge in [-0.3, -0.25) is 0 Å². The van der Waals surface area contributed by atoms with E-state index in [-0.39, 0.29) is 12.1 Å². The summed E-state index contributed by atoms with van der Waals surface area (Å²) in [5.41, 5.74) is 0. The van der Waals surface area contributed by atoms with Gasteiger partial charge in [0.2, 0.25) is 0 Å². The number of esters is 1. The van der Waals surface area contributed by atoms with Gasteiger partial charge in [-0.2, -0.15) is 0 Å². The monoisotopic (exact) mass is 264 g/mol. The van der Waals surface area contributed by atoms with E-state index in [0.717, 1.165) is 11.8 Å². The highest BCUT2D eigenvalue weighted by molar-refractivity contribution is 5.81. The first-order valence-corrected chi connectivity index (χ1v) is 7.95. The number of hydrogen-bond acceptors (Lipinski definition) is 2. The smallest absolute Gasteiger partial charge is 0.330 e. The molecule has 0 aromatic rings. The molecule has 4 atom stereocenters. The van der Waals surface area contributed by atoms with Crippen LogP contribution in [0.2, 0.25) is 0 Å². The summed E-state index contributed by atoms with van der Waals surface area (Å²) in [4.78, 5) is 11.4. The molecule has 108 valence electrons. The van der Waals surface area contributed by atoms with E-state index in [1.807, 2.05) is 0 Å².